The van der Waals surface area contributed by atoms with Crippen LogP contribution in [0, 0.1) is 11.8 Å². The van der Waals surface area contributed by atoms with Crippen LogP contribution in [0.2, 0.25) is 0 Å². The van der Waals surface area contributed by atoms with Crippen LogP contribution in [0.4, 0.5) is 0 Å². The molecule has 0 bridgehead atoms. The van der Waals surface area contributed by atoms with E-state index in [9.17, 15) is 9.90 Å². The minimum absolute atomic E-state index is 0.259. The zero-order chi connectivity index (χ0) is 25.9. The van der Waals surface area contributed by atoms with Crippen molar-refractivity contribution in [2.24, 2.45) is 23.9 Å². The molecule has 2 saturated heterocycles. The Hall–Kier alpha value is -3.49. The molecule has 8 heteroatoms. The van der Waals surface area contributed by atoms with Crippen molar-refractivity contribution < 1.29 is 14.6 Å². The first kappa shape index (κ1) is 23.6. The Morgan fingerprint density at radius 1 is 1.00 bits per heavy atom. The Balaban J connectivity index is 1.09. The molecule has 3 aliphatic heterocycles. The summed E-state index contributed by atoms with van der Waals surface area (Å²) >= 11 is 0. The lowest BCUT2D eigenvalue weighted by atomic mass is 9.95. The van der Waals surface area contributed by atoms with E-state index in [0.29, 0.717) is 38.0 Å². The first-order valence-corrected chi connectivity index (χ1v) is 13.6. The number of ether oxygens (including phenoxy) is 1. The molecule has 3 aromatic rings. The third kappa shape index (κ3) is 4.12. The topological polar surface area (TPSA) is 83.2 Å². The molecule has 38 heavy (non-hydrogen) atoms. The molecule has 196 valence electrons. The van der Waals surface area contributed by atoms with Gasteiger partial charge in [0.1, 0.15) is 11.4 Å². The first-order chi connectivity index (χ1) is 18.5. The van der Waals surface area contributed by atoms with Crippen molar-refractivity contribution >= 4 is 11.7 Å². The molecule has 4 aliphatic rings. The molecule has 7 rings (SSSR count). The van der Waals surface area contributed by atoms with Gasteiger partial charge >= 0.3 is 0 Å². The van der Waals surface area contributed by atoms with E-state index >= 15 is 0 Å². The number of likely N-dealkylation sites (tertiary alicyclic amines) is 1. The lowest BCUT2D eigenvalue weighted by Crippen LogP contribution is -2.57. The van der Waals surface area contributed by atoms with E-state index in [1.165, 1.54) is 0 Å². The van der Waals surface area contributed by atoms with Gasteiger partial charge in [-0.15, -0.1) is 0 Å². The number of amides is 1. The van der Waals surface area contributed by atoms with Gasteiger partial charge in [0.15, 0.2) is 6.23 Å². The van der Waals surface area contributed by atoms with E-state index in [1.54, 1.807) is 0 Å². The van der Waals surface area contributed by atoms with E-state index in [0.717, 1.165) is 59.6 Å². The van der Waals surface area contributed by atoms with Crippen LogP contribution in [0.3, 0.4) is 0 Å². The van der Waals surface area contributed by atoms with E-state index in [1.807, 2.05) is 29.0 Å². The van der Waals surface area contributed by atoms with Crippen molar-refractivity contribution in [3.8, 4) is 22.3 Å². The fourth-order valence-electron chi connectivity index (χ4n) is 5.99. The average molecular weight is 512 g/mol. The van der Waals surface area contributed by atoms with Crippen LogP contribution >= 0.6 is 0 Å². The summed E-state index contributed by atoms with van der Waals surface area (Å²) in [6.07, 6.45) is 5.96. The van der Waals surface area contributed by atoms with Gasteiger partial charge in [-0.25, -0.2) is 0 Å². The number of hydrogen-bond donors (Lipinski definition) is 1. The second-order valence-electron chi connectivity index (χ2n) is 11.3. The molecule has 8 nitrogen and oxygen atoms in total. The Kier molecular flexibility index (Phi) is 5.63. The Morgan fingerprint density at radius 3 is 2.18 bits per heavy atom. The highest BCUT2D eigenvalue weighted by Crippen LogP contribution is 2.38. The number of aliphatic hydroxyl groups excluding tert-OH is 1. The highest BCUT2D eigenvalue weighted by Gasteiger charge is 2.52. The normalized spacial score (nSPS) is 25.2. The molecule has 1 aromatic heterocycles. The monoisotopic (exact) mass is 511 g/mol. The van der Waals surface area contributed by atoms with Crippen LogP contribution in [0.5, 0.6) is 0 Å². The number of aliphatic imine (C=N–C) groups is 1. The number of amidine groups is 1. The molecule has 1 N–H and O–H groups in total. The fourth-order valence-corrected chi connectivity index (χ4v) is 5.99. The highest BCUT2D eigenvalue weighted by molar-refractivity contribution is 6.01. The third-order valence-electron chi connectivity index (χ3n) is 8.46. The zero-order valence-corrected chi connectivity index (χ0v) is 21.7. The predicted molar refractivity (Wildman–Crippen MR) is 144 cm³/mol. The van der Waals surface area contributed by atoms with Crippen LogP contribution in [-0.2, 0) is 16.6 Å². The minimum Gasteiger partial charge on any atom is -0.379 e. The van der Waals surface area contributed by atoms with Gasteiger partial charge in [-0.1, -0.05) is 48.5 Å². The molecular weight excluding hydrogens is 478 g/mol. The van der Waals surface area contributed by atoms with Gasteiger partial charge in [0.05, 0.1) is 12.8 Å². The largest absolute Gasteiger partial charge is 0.379 e. The van der Waals surface area contributed by atoms with Gasteiger partial charge in [0, 0.05) is 68.9 Å². The number of aliphatic hydroxyl groups is 1. The van der Waals surface area contributed by atoms with Gasteiger partial charge in [0.2, 0.25) is 5.91 Å². The summed E-state index contributed by atoms with van der Waals surface area (Å²) in [5, 5.41) is 15.7. The summed E-state index contributed by atoms with van der Waals surface area (Å²) < 4.78 is 7.49. The first-order valence-electron chi connectivity index (χ1n) is 13.6. The molecule has 2 atom stereocenters. The Morgan fingerprint density at radius 2 is 1.63 bits per heavy atom. The summed E-state index contributed by atoms with van der Waals surface area (Å²) in [5.41, 5.74) is 4.90. The van der Waals surface area contributed by atoms with Crippen molar-refractivity contribution in [1.82, 2.24) is 19.6 Å². The molecule has 1 amide bonds. The maximum Gasteiger partial charge on any atom is 0.225 e. The van der Waals surface area contributed by atoms with Crippen molar-refractivity contribution in [3.05, 3.63) is 66.5 Å². The van der Waals surface area contributed by atoms with Gasteiger partial charge < -0.3 is 19.6 Å². The van der Waals surface area contributed by atoms with Crippen LogP contribution in [-0.4, -0.2) is 81.0 Å². The molecule has 2 aromatic carbocycles. The maximum absolute atomic E-state index is 12.4. The number of benzene rings is 2. The number of carbonyl (C=O) groups is 1. The SMILES string of the molecule is Cn1cc(-c2ccc(-c3ccc(C4=NC5(CCOC5)C(O)N4CC4CN(C(=O)C5CC5)C4)cc3)cc2)cn1. The number of hydrogen-bond acceptors (Lipinski definition) is 6. The average Bonchev–Trinajstić information content (AvgIpc) is 3.40. The Bertz CT molecular complexity index is 1360. The number of carbonyl (C=O) groups excluding carboxylic acids is 1. The molecule has 3 fully saturated rings. The van der Waals surface area contributed by atoms with Crippen LogP contribution < -0.4 is 0 Å². The van der Waals surface area contributed by atoms with Gasteiger partial charge in [-0.05, 0) is 29.5 Å². The van der Waals surface area contributed by atoms with E-state index in [4.69, 9.17) is 9.73 Å². The summed E-state index contributed by atoms with van der Waals surface area (Å²) in [5.74, 6) is 1.73. The van der Waals surface area contributed by atoms with Crippen molar-refractivity contribution in [1.29, 1.82) is 0 Å². The van der Waals surface area contributed by atoms with Crippen LogP contribution in [0.1, 0.15) is 24.8 Å². The Labute approximate surface area is 222 Å². The smallest absolute Gasteiger partial charge is 0.225 e. The number of aryl methyl sites for hydroxylation is 1. The number of aromatic nitrogens is 2. The van der Waals surface area contributed by atoms with Crippen LogP contribution in [0.15, 0.2) is 65.9 Å². The maximum atomic E-state index is 12.4. The van der Waals surface area contributed by atoms with E-state index in [-0.39, 0.29) is 5.92 Å². The molecule has 4 heterocycles. The zero-order valence-electron chi connectivity index (χ0n) is 21.7. The predicted octanol–water partition coefficient (Wildman–Crippen LogP) is 3.16. The lowest BCUT2D eigenvalue weighted by molar-refractivity contribution is -0.139. The summed E-state index contributed by atoms with van der Waals surface area (Å²) in [6, 6.07) is 17.0. The number of rotatable bonds is 6. The molecule has 2 unspecified atom stereocenters. The standard InChI is InChI=1S/C30H33N5O3/c1-33-18-26(14-31-33)23-4-2-21(3-5-23)22-6-8-24(9-7-22)27-32-30(12-13-38-19-30)29(37)35(27)17-20-15-34(16-20)28(36)25-10-11-25/h2-9,14,18,20,25,29,37H,10-13,15-17,19H2,1H3. The fraction of sp³-hybridized carbons (Fsp3) is 0.433. The minimum atomic E-state index is -0.715. The van der Waals surface area contributed by atoms with Gasteiger partial charge in [-0.2, -0.15) is 5.10 Å². The molecule has 1 spiro atoms. The van der Waals surface area contributed by atoms with E-state index in [2.05, 4.69) is 58.5 Å². The molecule has 1 aliphatic carbocycles. The van der Waals surface area contributed by atoms with Gasteiger partial charge in [0.25, 0.3) is 0 Å². The van der Waals surface area contributed by atoms with E-state index < -0.39 is 11.8 Å². The summed E-state index contributed by atoms with van der Waals surface area (Å²) in [4.78, 5) is 21.5. The summed E-state index contributed by atoms with van der Waals surface area (Å²) in [6.45, 7) is 3.27. The van der Waals surface area contributed by atoms with Crippen molar-refractivity contribution in [2.45, 2.75) is 31.0 Å². The number of nitrogens with zero attached hydrogens (tertiary/aromatic N) is 5. The molecule has 1 saturated carbocycles. The highest BCUT2D eigenvalue weighted by atomic mass is 16.5. The van der Waals surface area contributed by atoms with Gasteiger partial charge in [-0.3, -0.25) is 14.5 Å². The van der Waals surface area contributed by atoms with Crippen molar-refractivity contribution in [2.75, 3.05) is 32.8 Å². The summed E-state index contributed by atoms with van der Waals surface area (Å²) in [7, 11) is 1.92. The van der Waals surface area contributed by atoms with Crippen molar-refractivity contribution in [3.63, 3.8) is 0 Å². The third-order valence-corrected chi connectivity index (χ3v) is 8.46. The quantitative estimate of drug-likeness (QED) is 0.550. The van der Waals surface area contributed by atoms with Crippen LogP contribution in [0.25, 0.3) is 22.3 Å². The molecule has 0 radical (unpaired) electrons. The second-order valence-corrected chi connectivity index (χ2v) is 11.3. The second kappa shape index (κ2) is 9.06. The lowest BCUT2D eigenvalue weighted by Gasteiger charge is -2.43. The molecular formula is C30H33N5O3.